The Kier molecular flexibility index (Phi) is 2.25. The maximum atomic E-state index is 12.1. The molecular weight excluding hydrogens is 216 g/mol. The molecule has 1 aliphatic rings. The zero-order chi connectivity index (χ0) is 11.1. The fourth-order valence-corrected chi connectivity index (χ4v) is 3.35. The molecule has 2 heteroatoms. The third-order valence-corrected chi connectivity index (χ3v) is 4.47. The molecule has 3 rings (SSSR count). The minimum atomic E-state index is 0.131. The Morgan fingerprint density at radius 2 is 1.88 bits per heavy atom. The number of rotatable bonds is 1. The first-order valence-corrected chi connectivity index (χ1v) is 6.41. The Labute approximate surface area is 98.9 Å². The topological polar surface area (TPSA) is 17.1 Å². The van der Waals surface area contributed by atoms with Gasteiger partial charge in [-0.25, -0.2) is 0 Å². The second kappa shape index (κ2) is 3.63. The lowest BCUT2D eigenvalue weighted by molar-refractivity contribution is 0.0990. The first-order chi connectivity index (χ1) is 7.79. The summed E-state index contributed by atoms with van der Waals surface area (Å²) in [5.74, 6) is 0.299. The van der Waals surface area contributed by atoms with Crippen LogP contribution < -0.4 is 0 Å². The summed E-state index contributed by atoms with van der Waals surface area (Å²) >= 11 is 1.71. The Balaban J connectivity index is 2.22. The van der Waals surface area contributed by atoms with Crippen molar-refractivity contribution in [2.75, 3.05) is 0 Å². The molecule has 0 aliphatic carbocycles. The van der Waals surface area contributed by atoms with Crippen molar-refractivity contribution in [1.29, 1.82) is 0 Å². The van der Waals surface area contributed by atoms with E-state index in [1.807, 2.05) is 18.2 Å². The van der Waals surface area contributed by atoms with Gasteiger partial charge >= 0.3 is 0 Å². The highest BCUT2D eigenvalue weighted by Crippen LogP contribution is 2.40. The predicted molar refractivity (Wildman–Crippen MR) is 68.2 cm³/mol. The number of ketones is 1. The third kappa shape index (κ3) is 1.37. The number of thioether (sulfide) groups is 1. The molecule has 0 fully saturated rings. The van der Waals surface area contributed by atoms with Crippen molar-refractivity contribution in [3.63, 3.8) is 0 Å². The van der Waals surface area contributed by atoms with Gasteiger partial charge in [-0.15, -0.1) is 11.8 Å². The smallest absolute Gasteiger partial charge is 0.177 e. The van der Waals surface area contributed by atoms with Crippen LogP contribution in [0.25, 0.3) is 10.8 Å². The van der Waals surface area contributed by atoms with Crippen molar-refractivity contribution in [2.24, 2.45) is 0 Å². The van der Waals surface area contributed by atoms with Gasteiger partial charge in [-0.05, 0) is 29.3 Å². The number of Topliss-reactive ketones (excluding diaryl/α,β-unsaturated/α-hetero) is 1. The molecule has 0 N–H and O–H groups in total. The van der Waals surface area contributed by atoms with Crippen LogP contribution in [0.4, 0.5) is 0 Å². The number of fused-ring (bicyclic) bond motifs is 2. The zero-order valence-corrected chi connectivity index (χ0v) is 9.88. The van der Waals surface area contributed by atoms with Gasteiger partial charge in [0.25, 0.3) is 0 Å². The maximum absolute atomic E-state index is 12.1. The van der Waals surface area contributed by atoms with E-state index >= 15 is 0 Å². The van der Waals surface area contributed by atoms with Gasteiger partial charge in [0.1, 0.15) is 0 Å². The molecule has 80 valence electrons. The van der Waals surface area contributed by atoms with E-state index in [2.05, 4.69) is 25.1 Å². The van der Waals surface area contributed by atoms with E-state index in [4.69, 9.17) is 0 Å². The van der Waals surface area contributed by atoms with Crippen LogP contribution >= 0.6 is 11.8 Å². The average molecular weight is 228 g/mol. The molecule has 0 saturated heterocycles. The molecule has 1 atom stereocenters. The Morgan fingerprint density at radius 3 is 2.56 bits per heavy atom. The number of carbonyl (C=O) groups is 1. The van der Waals surface area contributed by atoms with Gasteiger partial charge in [-0.2, -0.15) is 0 Å². The Bertz CT molecular complexity index is 574. The lowest BCUT2D eigenvalue weighted by Gasteiger charge is -2.00. The normalized spacial score (nSPS) is 19.1. The largest absolute Gasteiger partial charge is 0.293 e. The second-order valence-electron chi connectivity index (χ2n) is 4.07. The van der Waals surface area contributed by atoms with Crippen LogP contribution in [0, 0.1) is 0 Å². The van der Waals surface area contributed by atoms with Gasteiger partial charge in [0.2, 0.25) is 0 Å². The van der Waals surface area contributed by atoms with Crippen molar-refractivity contribution in [2.45, 2.75) is 23.5 Å². The molecule has 0 bridgehead atoms. The van der Waals surface area contributed by atoms with E-state index in [0.29, 0.717) is 5.78 Å². The molecule has 16 heavy (non-hydrogen) atoms. The van der Waals surface area contributed by atoms with Gasteiger partial charge < -0.3 is 0 Å². The number of benzene rings is 2. The molecule has 1 heterocycles. The van der Waals surface area contributed by atoms with Gasteiger partial charge in [0.05, 0.1) is 5.25 Å². The van der Waals surface area contributed by atoms with E-state index in [9.17, 15) is 4.79 Å². The lowest BCUT2D eigenvalue weighted by Crippen LogP contribution is -2.09. The van der Waals surface area contributed by atoms with Gasteiger partial charge in [-0.3, -0.25) is 4.79 Å². The highest BCUT2D eigenvalue weighted by Gasteiger charge is 2.29. The minimum Gasteiger partial charge on any atom is -0.293 e. The molecule has 1 unspecified atom stereocenters. The fraction of sp³-hybridized carbons (Fsp3) is 0.214. The molecule has 2 aromatic carbocycles. The molecule has 1 nitrogen and oxygen atoms in total. The number of carbonyl (C=O) groups excluding carboxylic acids is 1. The van der Waals surface area contributed by atoms with Crippen molar-refractivity contribution >= 4 is 28.3 Å². The third-order valence-electron chi connectivity index (χ3n) is 3.05. The first-order valence-electron chi connectivity index (χ1n) is 5.53. The molecular formula is C14H12OS. The zero-order valence-electron chi connectivity index (χ0n) is 9.07. The summed E-state index contributed by atoms with van der Waals surface area (Å²) in [6.45, 7) is 2.07. The Morgan fingerprint density at radius 1 is 1.19 bits per heavy atom. The summed E-state index contributed by atoms with van der Waals surface area (Å²) in [5, 5.41) is 2.51. The highest BCUT2D eigenvalue weighted by atomic mass is 32.2. The van der Waals surface area contributed by atoms with Crippen LogP contribution in [0.1, 0.15) is 23.7 Å². The van der Waals surface area contributed by atoms with Gasteiger partial charge in [0, 0.05) is 10.5 Å². The molecule has 0 radical (unpaired) electrons. The van der Waals surface area contributed by atoms with E-state index in [0.717, 1.165) is 22.3 Å². The van der Waals surface area contributed by atoms with Crippen LogP contribution in [-0.2, 0) is 0 Å². The number of hydrogen-bond donors (Lipinski definition) is 0. The van der Waals surface area contributed by atoms with Crippen LogP contribution in [0.2, 0.25) is 0 Å². The molecule has 0 saturated carbocycles. The molecule has 2 aromatic rings. The Hall–Kier alpha value is -1.28. The van der Waals surface area contributed by atoms with Crippen molar-refractivity contribution < 1.29 is 4.79 Å². The van der Waals surface area contributed by atoms with E-state index in [1.54, 1.807) is 11.8 Å². The summed E-state index contributed by atoms with van der Waals surface area (Å²) in [5.41, 5.74) is 0.913. The fourth-order valence-electron chi connectivity index (χ4n) is 2.16. The quantitative estimate of drug-likeness (QED) is 0.736. The summed E-state index contributed by atoms with van der Waals surface area (Å²) in [7, 11) is 0. The maximum Gasteiger partial charge on any atom is 0.177 e. The van der Waals surface area contributed by atoms with Crippen molar-refractivity contribution in [3.05, 3.63) is 42.0 Å². The SMILES string of the molecule is CCC1Sc2cc3ccccc3cc2C1=O. The molecule has 1 aliphatic heterocycles. The molecule has 0 amide bonds. The van der Waals surface area contributed by atoms with Crippen LogP contribution in [0.15, 0.2) is 41.3 Å². The summed E-state index contributed by atoms with van der Waals surface area (Å²) in [4.78, 5) is 13.2. The molecule has 0 spiro atoms. The lowest BCUT2D eigenvalue weighted by atomic mass is 10.0. The standard InChI is InChI=1S/C14H12OS/c1-2-12-14(15)11-7-9-5-3-4-6-10(9)8-13(11)16-12/h3-8,12H,2H2,1H3. The summed E-state index contributed by atoms with van der Waals surface area (Å²) < 4.78 is 0. The van der Waals surface area contributed by atoms with Gasteiger partial charge in [0.15, 0.2) is 5.78 Å². The van der Waals surface area contributed by atoms with Crippen molar-refractivity contribution in [1.82, 2.24) is 0 Å². The summed E-state index contributed by atoms with van der Waals surface area (Å²) in [6, 6.07) is 12.4. The van der Waals surface area contributed by atoms with E-state index in [1.165, 1.54) is 5.39 Å². The average Bonchev–Trinajstić information content (AvgIpc) is 2.63. The van der Waals surface area contributed by atoms with Crippen LogP contribution in [-0.4, -0.2) is 11.0 Å². The summed E-state index contributed by atoms with van der Waals surface area (Å²) in [6.07, 6.45) is 0.911. The molecule has 0 aromatic heterocycles. The predicted octanol–water partition coefficient (Wildman–Crippen LogP) is 3.91. The first kappa shape index (κ1) is 9.91. The van der Waals surface area contributed by atoms with Crippen LogP contribution in [0.5, 0.6) is 0 Å². The van der Waals surface area contributed by atoms with Gasteiger partial charge in [-0.1, -0.05) is 31.2 Å². The monoisotopic (exact) mass is 228 g/mol. The van der Waals surface area contributed by atoms with E-state index in [-0.39, 0.29) is 5.25 Å². The van der Waals surface area contributed by atoms with Crippen molar-refractivity contribution in [3.8, 4) is 0 Å². The second-order valence-corrected chi connectivity index (χ2v) is 5.32. The van der Waals surface area contributed by atoms with E-state index < -0.39 is 0 Å². The van der Waals surface area contributed by atoms with Crippen LogP contribution in [0.3, 0.4) is 0 Å². The minimum absolute atomic E-state index is 0.131. The highest BCUT2D eigenvalue weighted by molar-refractivity contribution is 8.01. The number of hydrogen-bond acceptors (Lipinski definition) is 2.